The minimum Gasteiger partial charge on any atom is -0.389 e. The Morgan fingerprint density at radius 1 is 1.16 bits per heavy atom. The van der Waals surface area contributed by atoms with Gasteiger partial charge in [-0.05, 0) is 52.3 Å². The van der Waals surface area contributed by atoms with Crippen LogP contribution >= 0.6 is 44.1 Å². The third-order valence-corrected chi connectivity index (χ3v) is 3.85. The highest BCUT2D eigenvalue weighted by atomic mass is 79.9. The van der Waals surface area contributed by atoms with Crippen LogP contribution in [0.5, 0.6) is 0 Å². The summed E-state index contributed by atoms with van der Waals surface area (Å²) in [6.45, 7) is 0. The van der Waals surface area contributed by atoms with Crippen LogP contribution in [0.4, 0.5) is 15.8 Å². The van der Waals surface area contributed by atoms with Gasteiger partial charge in [0.25, 0.3) is 0 Å². The zero-order valence-electron chi connectivity index (χ0n) is 9.58. The van der Waals surface area contributed by atoms with Crippen molar-refractivity contribution >= 4 is 60.4 Å². The average Bonchev–Trinajstić information content (AvgIpc) is 2.33. The maximum atomic E-state index is 13.8. The summed E-state index contributed by atoms with van der Waals surface area (Å²) in [6, 6.07) is 10.3. The highest BCUT2D eigenvalue weighted by molar-refractivity contribution is 9.11. The van der Waals surface area contributed by atoms with Gasteiger partial charge in [-0.25, -0.2) is 4.39 Å². The number of anilines is 2. The Bertz CT molecular complexity index is 647. The molecule has 0 saturated heterocycles. The van der Waals surface area contributed by atoms with Crippen molar-refractivity contribution < 1.29 is 4.39 Å². The van der Waals surface area contributed by atoms with E-state index in [1.165, 1.54) is 6.07 Å². The second kappa shape index (κ2) is 5.98. The van der Waals surface area contributed by atoms with Crippen LogP contribution in [0.15, 0.2) is 45.3 Å². The fraction of sp³-hybridized carbons (Fsp3) is 0. The monoisotopic (exact) mass is 402 g/mol. The maximum Gasteiger partial charge on any atom is 0.135 e. The first kappa shape index (κ1) is 14.4. The Kier molecular flexibility index (Phi) is 4.54. The number of halogens is 3. The number of nitrogens with two attached hydrogens (primary N) is 1. The summed E-state index contributed by atoms with van der Waals surface area (Å²) >= 11 is 11.6. The third-order valence-electron chi connectivity index (χ3n) is 2.44. The molecule has 0 amide bonds. The Morgan fingerprint density at radius 2 is 1.89 bits per heavy atom. The Hall–Kier alpha value is -0.980. The van der Waals surface area contributed by atoms with Gasteiger partial charge in [0.05, 0.1) is 5.69 Å². The van der Waals surface area contributed by atoms with Crippen LogP contribution in [0, 0.1) is 5.82 Å². The molecule has 0 aliphatic rings. The van der Waals surface area contributed by atoms with Crippen molar-refractivity contribution in [1.82, 2.24) is 0 Å². The normalized spacial score (nSPS) is 10.3. The van der Waals surface area contributed by atoms with E-state index >= 15 is 0 Å². The van der Waals surface area contributed by atoms with Crippen molar-refractivity contribution in [3.8, 4) is 0 Å². The van der Waals surface area contributed by atoms with E-state index in [0.29, 0.717) is 5.69 Å². The Morgan fingerprint density at radius 3 is 2.53 bits per heavy atom. The molecule has 2 aromatic carbocycles. The zero-order chi connectivity index (χ0) is 14.0. The topological polar surface area (TPSA) is 38.0 Å². The molecular weight excluding hydrogens is 395 g/mol. The van der Waals surface area contributed by atoms with E-state index in [1.807, 2.05) is 18.2 Å². The number of hydrogen-bond donors (Lipinski definition) is 2. The number of thiocarbonyl (C=S) groups is 1. The standard InChI is InChI=1S/C13H9Br2FN2S/c14-7-1-4-10(15)12(5-7)18-8-2-3-9(13(17)19)11(16)6-8/h1-6,18H,(H2,17,19). The van der Waals surface area contributed by atoms with E-state index in [1.54, 1.807) is 12.1 Å². The first-order valence-corrected chi connectivity index (χ1v) is 7.28. The van der Waals surface area contributed by atoms with Gasteiger partial charge < -0.3 is 11.1 Å². The van der Waals surface area contributed by atoms with Gasteiger partial charge in [0.15, 0.2) is 0 Å². The molecule has 0 fully saturated rings. The molecule has 0 aromatic heterocycles. The number of rotatable bonds is 3. The smallest absolute Gasteiger partial charge is 0.135 e. The van der Waals surface area contributed by atoms with E-state index in [2.05, 4.69) is 37.2 Å². The largest absolute Gasteiger partial charge is 0.389 e. The van der Waals surface area contributed by atoms with Crippen LogP contribution in [0.3, 0.4) is 0 Å². The molecule has 98 valence electrons. The van der Waals surface area contributed by atoms with Gasteiger partial charge in [0.2, 0.25) is 0 Å². The van der Waals surface area contributed by atoms with Crippen molar-refractivity contribution in [2.75, 3.05) is 5.32 Å². The van der Waals surface area contributed by atoms with Gasteiger partial charge >= 0.3 is 0 Å². The van der Waals surface area contributed by atoms with Crippen LogP contribution in [0.2, 0.25) is 0 Å². The number of hydrogen-bond acceptors (Lipinski definition) is 2. The van der Waals surface area contributed by atoms with Gasteiger partial charge in [0.1, 0.15) is 10.8 Å². The van der Waals surface area contributed by atoms with Gasteiger partial charge in [-0.3, -0.25) is 0 Å². The minimum atomic E-state index is -0.441. The van der Waals surface area contributed by atoms with Gasteiger partial charge in [-0.1, -0.05) is 28.1 Å². The predicted octanol–water partition coefficient (Wildman–Crippen LogP) is 4.73. The lowest BCUT2D eigenvalue weighted by Gasteiger charge is -2.10. The molecule has 0 atom stereocenters. The molecule has 2 nitrogen and oxygen atoms in total. The quantitative estimate of drug-likeness (QED) is 0.727. The number of benzene rings is 2. The van der Waals surface area contributed by atoms with E-state index in [-0.39, 0.29) is 10.6 Å². The second-order valence-corrected chi connectivity index (χ2v) is 6.02. The minimum absolute atomic E-state index is 0.0488. The molecule has 3 N–H and O–H groups in total. The van der Waals surface area contributed by atoms with Crippen molar-refractivity contribution in [3.63, 3.8) is 0 Å². The summed E-state index contributed by atoms with van der Waals surface area (Å²) in [6.07, 6.45) is 0. The molecule has 0 radical (unpaired) electrons. The highest BCUT2D eigenvalue weighted by Gasteiger charge is 2.07. The maximum absolute atomic E-state index is 13.8. The van der Waals surface area contributed by atoms with Gasteiger partial charge in [-0.15, -0.1) is 0 Å². The Labute approximate surface area is 132 Å². The van der Waals surface area contributed by atoms with Crippen LogP contribution in [-0.2, 0) is 0 Å². The fourth-order valence-electron chi connectivity index (χ4n) is 1.54. The summed E-state index contributed by atoms with van der Waals surface area (Å²) in [4.78, 5) is 0.0488. The summed E-state index contributed by atoms with van der Waals surface area (Å²) in [5, 5.41) is 3.12. The molecular formula is C13H9Br2FN2S. The zero-order valence-corrected chi connectivity index (χ0v) is 13.6. The SMILES string of the molecule is NC(=S)c1ccc(Nc2cc(Br)ccc2Br)cc1F. The third kappa shape index (κ3) is 3.52. The van der Waals surface area contributed by atoms with E-state index in [9.17, 15) is 4.39 Å². The highest BCUT2D eigenvalue weighted by Crippen LogP contribution is 2.29. The first-order chi connectivity index (χ1) is 8.97. The van der Waals surface area contributed by atoms with Crippen LogP contribution in [0.25, 0.3) is 0 Å². The molecule has 0 saturated carbocycles. The van der Waals surface area contributed by atoms with Crippen molar-refractivity contribution in [1.29, 1.82) is 0 Å². The molecule has 6 heteroatoms. The molecule has 0 aliphatic heterocycles. The summed E-state index contributed by atoms with van der Waals surface area (Å²) < 4.78 is 15.6. The van der Waals surface area contributed by atoms with Crippen LogP contribution in [-0.4, -0.2) is 4.99 Å². The number of nitrogens with one attached hydrogen (secondary N) is 1. The molecule has 2 aromatic rings. The molecule has 19 heavy (non-hydrogen) atoms. The lowest BCUT2D eigenvalue weighted by atomic mass is 10.2. The average molecular weight is 404 g/mol. The van der Waals surface area contributed by atoms with E-state index in [0.717, 1.165) is 14.6 Å². The van der Waals surface area contributed by atoms with Crippen molar-refractivity contribution in [2.24, 2.45) is 5.73 Å². The molecule has 0 spiro atoms. The first-order valence-electron chi connectivity index (χ1n) is 5.29. The lowest BCUT2D eigenvalue weighted by Crippen LogP contribution is -2.11. The van der Waals surface area contributed by atoms with Crippen molar-refractivity contribution in [2.45, 2.75) is 0 Å². The summed E-state index contributed by atoms with van der Waals surface area (Å²) in [7, 11) is 0. The van der Waals surface area contributed by atoms with Gasteiger partial charge in [-0.2, -0.15) is 0 Å². The van der Waals surface area contributed by atoms with Crippen LogP contribution < -0.4 is 11.1 Å². The molecule has 0 heterocycles. The lowest BCUT2D eigenvalue weighted by molar-refractivity contribution is 0.626. The van der Waals surface area contributed by atoms with E-state index < -0.39 is 5.82 Å². The Balaban J connectivity index is 2.31. The van der Waals surface area contributed by atoms with Gasteiger partial charge in [0, 0.05) is 20.2 Å². The summed E-state index contributed by atoms with van der Waals surface area (Å²) in [5.41, 5.74) is 7.11. The molecule has 0 aliphatic carbocycles. The predicted molar refractivity (Wildman–Crippen MR) is 87.4 cm³/mol. The van der Waals surface area contributed by atoms with Crippen LogP contribution in [0.1, 0.15) is 5.56 Å². The fourth-order valence-corrected chi connectivity index (χ4v) is 2.41. The molecule has 0 bridgehead atoms. The summed E-state index contributed by atoms with van der Waals surface area (Å²) in [5.74, 6) is -0.441. The second-order valence-electron chi connectivity index (χ2n) is 3.81. The van der Waals surface area contributed by atoms with Crippen molar-refractivity contribution in [3.05, 3.63) is 56.7 Å². The molecule has 0 unspecified atom stereocenters. The molecule has 2 rings (SSSR count). The van der Waals surface area contributed by atoms with E-state index in [4.69, 9.17) is 18.0 Å².